The van der Waals surface area contributed by atoms with Gasteiger partial charge >= 0.3 is 0 Å². The summed E-state index contributed by atoms with van der Waals surface area (Å²) in [5.41, 5.74) is 1.69. The molecular weight excluding hydrogens is 318 g/mol. The first-order chi connectivity index (χ1) is 10.6. The number of hydrogen-bond acceptors (Lipinski definition) is 3. The maximum atomic E-state index is 11.9. The second-order valence-corrected chi connectivity index (χ2v) is 6.21. The Morgan fingerprint density at radius 2 is 1.82 bits per heavy atom. The van der Waals surface area contributed by atoms with Crippen molar-refractivity contribution in [2.75, 3.05) is 12.8 Å². The summed E-state index contributed by atoms with van der Waals surface area (Å²) in [6, 6.07) is 14.8. The van der Waals surface area contributed by atoms with E-state index < -0.39 is 6.10 Å². The van der Waals surface area contributed by atoms with Crippen LogP contribution in [0.15, 0.2) is 53.4 Å². The summed E-state index contributed by atoms with van der Waals surface area (Å²) >= 11 is 7.45. The summed E-state index contributed by atoms with van der Waals surface area (Å²) < 4.78 is 0. The lowest BCUT2D eigenvalue weighted by atomic mass is 10.1. The van der Waals surface area contributed by atoms with E-state index in [2.05, 4.69) is 5.32 Å². The van der Waals surface area contributed by atoms with Gasteiger partial charge in [0, 0.05) is 16.5 Å². The average Bonchev–Trinajstić information content (AvgIpc) is 2.55. The SMILES string of the molecule is CSc1ccc(C(O)CNC(=O)Cc2ccc(Cl)cc2)cc1. The number of aliphatic hydroxyl groups is 1. The largest absolute Gasteiger partial charge is 0.387 e. The Bertz CT molecular complexity index is 614. The Kier molecular flexibility index (Phi) is 6.31. The highest BCUT2D eigenvalue weighted by atomic mass is 35.5. The fourth-order valence-electron chi connectivity index (χ4n) is 2.00. The first-order valence-electron chi connectivity index (χ1n) is 6.91. The molecule has 116 valence electrons. The molecule has 1 amide bonds. The van der Waals surface area contributed by atoms with E-state index in [1.165, 1.54) is 0 Å². The van der Waals surface area contributed by atoms with E-state index in [1.54, 1.807) is 23.9 Å². The molecule has 0 aliphatic rings. The van der Waals surface area contributed by atoms with E-state index >= 15 is 0 Å². The van der Waals surface area contributed by atoms with Crippen LogP contribution in [0.1, 0.15) is 17.2 Å². The minimum absolute atomic E-state index is 0.123. The number of hydrogen-bond donors (Lipinski definition) is 2. The molecule has 3 nitrogen and oxygen atoms in total. The number of amides is 1. The van der Waals surface area contributed by atoms with Gasteiger partial charge in [-0.1, -0.05) is 35.9 Å². The third-order valence-corrected chi connectivity index (χ3v) is 4.27. The van der Waals surface area contributed by atoms with Crippen molar-refractivity contribution in [3.05, 3.63) is 64.7 Å². The Hall–Kier alpha value is -1.49. The van der Waals surface area contributed by atoms with Crippen LogP contribution in [-0.2, 0) is 11.2 Å². The molecule has 0 radical (unpaired) electrons. The lowest BCUT2D eigenvalue weighted by Gasteiger charge is -2.13. The highest BCUT2D eigenvalue weighted by Gasteiger charge is 2.10. The molecule has 0 aromatic heterocycles. The number of carbonyl (C=O) groups excluding carboxylic acids is 1. The van der Waals surface area contributed by atoms with Crippen molar-refractivity contribution in [1.29, 1.82) is 0 Å². The molecule has 2 aromatic rings. The maximum absolute atomic E-state index is 11.9. The first-order valence-corrected chi connectivity index (χ1v) is 8.52. The van der Waals surface area contributed by atoms with Gasteiger partial charge in [0.25, 0.3) is 0 Å². The van der Waals surface area contributed by atoms with Crippen LogP contribution in [-0.4, -0.2) is 23.8 Å². The third kappa shape index (κ3) is 5.05. The molecule has 2 aromatic carbocycles. The predicted octanol–water partition coefficient (Wildman–Crippen LogP) is 3.45. The zero-order valence-electron chi connectivity index (χ0n) is 12.3. The van der Waals surface area contributed by atoms with Crippen LogP contribution in [0, 0.1) is 0 Å². The molecule has 2 N–H and O–H groups in total. The highest BCUT2D eigenvalue weighted by Crippen LogP contribution is 2.18. The topological polar surface area (TPSA) is 49.3 Å². The van der Waals surface area contributed by atoms with Crippen LogP contribution < -0.4 is 5.32 Å². The molecular formula is C17H18ClNO2S. The summed E-state index contributed by atoms with van der Waals surface area (Å²) in [5.74, 6) is -0.123. The molecule has 0 spiro atoms. The van der Waals surface area contributed by atoms with Crippen LogP contribution in [0.25, 0.3) is 0 Å². The van der Waals surface area contributed by atoms with Crippen molar-refractivity contribution < 1.29 is 9.90 Å². The molecule has 0 aliphatic carbocycles. The van der Waals surface area contributed by atoms with Gasteiger partial charge in [-0.3, -0.25) is 4.79 Å². The van der Waals surface area contributed by atoms with Crippen LogP contribution in [0.3, 0.4) is 0 Å². The van der Waals surface area contributed by atoms with Crippen LogP contribution in [0.5, 0.6) is 0 Å². The predicted molar refractivity (Wildman–Crippen MR) is 91.3 cm³/mol. The smallest absolute Gasteiger partial charge is 0.224 e. The molecule has 1 unspecified atom stereocenters. The van der Waals surface area contributed by atoms with E-state index in [4.69, 9.17) is 11.6 Å². The summed E-state index contributed by atoms with van der Waals surface area (Å²) in [6.45, 7) is 0.199. The van der Waals surface area contributed by atoms with Crippen molar-refractivity contribution in [1.82, 2.24) is 5.32 Å². The Labute approximate surface area is 139 Å². The van der Waals surface area contributed by atoms with Crippen molar-refractivity contribution in [3.63, 3.8) is 0 Å². The lowest BCUT2D eigenvalue weighted by molar-refractivity contribution is -0.120. The first kappa shape index (κ1) is 16.9. The van der Waals surface area contributed by atoms with Gasteiger partial charge in [0.05, 0.1) is 12.5 Å². The normalized spacial score (nSPS) is 12.0. The van der Waals surface area contributed by atoms with E-state index in [0.29, 0.717) is 5.02 Å². The minimum Gasteiger partial charge on any atom is -0.387 e. The summed E-state index contributed by atoms with van der Waals surface area (Å²) in [7, 11) is 0. The fraction of sp³-hybridized carbons (Fsp3) is 0.235. The maximum Gasteiger partial charge on any atom is 0.224 e. The molecule has 0 saturated heterocycles. The minimum atomic E-state index is -0.704. The van der Waals surface area contributed by atoms with E-state index in [9.17, 15) is 9.90 Å². The molecule has 22 heavy (non-hydrogen) atoms. The molecule has 5 heteroatoms. The van der Waals surface area contributed by atoms with Gasteiger partial charge < -0.3 is 10.4 Å². The van der Waals surface area contributed by atoms with E-state index in [-0.39, 0.29) is 18.9 Å². The van der Waals surface area contributed by atoms with Crippen molar-refractivity contribution in [2.45, 2.75) is 17.4 Å². The number of carbonyl (C=O) groups is 1. The third-order valence-electron chi connectivity index (χ3n) is 3.27. The van der Waals surface area contributed by atoms with Crippen molar-refractivity contribution in [3.8, 4) is 0 Å². The van der Waals surface area contributed by atoms with Crippen LogP contribution in [0.4, 0.5) is 0 Å². The van der Waals surface area contributed by atoms with Gasteiger partial charge in [-0.15, -0.1) is 11.8 Å². The molecule has 0 aliphatic heterocycles. The standard InChI is InChI=1S/C17H18ClNO2S/c1-22-15-8-4-13(5-9-15)16(20)11-19-17(21)10-12-2-6-14(18)7-3-12/h2-9,16,20H,10-11H2,1H3,(H,19,21). The Balaban J connectivity index is 1.83. The van der Waals surface area contributed by atoms with Crippen LogP contribution in [0.2, 0.25) is 5.02 Å². The lowest BCUT2D eigenvalue weighted by Crippen LogP contribution is -2.29. The number of halogens is 1. The molecule has 2 rings (SSSR count). The highest BCUT2D eigenvalue weighted by molar-refractivity contribution is 7.98. The van der Waals surface area contributed by atoms with Gasteiger partial charge in [-0.2, -0.15) is 0 Å². The Morgan fingerprint density at radius 3 is 2.41 bits per heavy atom. The molecule has 0 fully saturated rings. The van der Waals surface area contributed by atoms with Crippen LogP contribution >= 0.6 is 23.4 Å². The van der Waals surface area contributed by atoms with Crippen molar-refractivity contribution >= 4 is 29.3 Å². The molecule has 0 saturated carbocycles. The second kappa shape index (κ2) is 8.22. The zero-order valence-corrected chi connectivity index (χ0v) is 13.8. The average molecular weight is 336 g/mol. The van der Waals surface area contributed by atoms with Gasteiger partial charge in [-0.25, -0.2) is 0 Å². The molecule has 0 bridgehead atoms. The number of rotatable bonds is 6. The quantitative estimate of drug-likeness (QED) is 0.795. The Morgan fingerprint density at radius 1 is 1.18 bits per heavy atom. The van der Waals surface area contributed by atoms with Gasteiger partial charge in [0.1, 0.15) is 0 Å². The number of benzene rings is 2. The van der Waals surface area contributed by atoms with Crippen molar-refractivity contribution in [2.24, 2.45) is 0 Å². The summed E-state index contributed by atoms with van der Waals surface area (Å²) in [5, 5.41) is 13.5. The van der Waals surface area contributed by atoms with E-state index in [0.717, 1.165) is 16.0 Å². The van der Waals surface area contributed by atoms with Gasteiger partial charge in [0.2, 0.25) is 5.91 Å². The fourth-order valence-corrected chi connectivity index (χ4v) is 2.54. The van der Waals surface area contributed by atoms with Gasteiger partial charge in [-0.05, 0) is 41.6 Å². The second-order valence-electron chi connectivity index (χ2n) is 4.90. The zero-order chi connectivity index (χ0) is 15.9. The molecule has 1 atom stereocenters. The summed E-state index contributed by atoms with van der Waals surface area (Å²) in [6.07, 6.45) is 1.57. The number of thioether (sulfide) groups is 1. The van der Waals surface area contributed by atoms with Gasteiger partial charge in [0.15, 0.2) is 0 Å². The number of aliphatic hydroxyl groups excluding tert-OH is 1. The molecule has 0 heterocycles. The summed E-state index contributed by atoms with van der Waals surface area (Å²) in [4.78, 5) is 13.0. The number of nitrogens with one attached hydrogen (secondary N) is 1. The monoisotopic (exact) mass is 335 g/mol. The van der Waals surface area contributed by atoms with E-state index in [1.807, 2.05) is 42.7 Å².